The van der Waals surface area contributed by atoms with Gasteiger partial charge in [-0.25, -0.2) is 0 Å². The Labute approximate surface area is 133 Å². The Hall–Kier alpha value is -2.13. The number of carbonyl (C=O) groups excluding carboxylic acids is 2. The van der Waals surface area contributed by atoms with Gasteiger partial charge >= 0.3 is 0 Å². The molecule has 0 N–H and O–H groups in total. The maximum Gasteiger partial charge on any atom is 0.211 e. The predicted octanol–water partition coefficient (Wildman–Crippen LogP) is 3.19. The molecule has 3 nitrogen and oxygen atoms in total. The minimum absolute atomic E-state index is 0.0512. The summed E-state index contributed by atoms with van der Waals surface area (Å²) in [5, 5.41) is 0.0512. The molecule has 0 aromatic heterocycles. The number of ketones is 2. The largest absolute Gasteiger partial charge is 0.366 e. The Kier molecular flexibility index (Phi) is 3.05. The van der Waals surface area contributed by atoms with Crippen LogP contribution in [0.5, 0.6) is 0 Å². The summed E-state index contributed by atoms with van der Waals surface area (Å²) in [6, 6.07) is 6.88. The highest BCUT2D eigenvalue weighted by molar-refractivity contribution is 6.49. The summed E-state index contributed by atoms with van der Waals surface area (Å²) in [5.41, 5.74) is 1.21. The van der Waals surface area contributed by atoms with Crippen LogP contribution in [-0.4, -0.2) is 29.6 Å². The number of hydrogen-bond acceptors (Lipinski definition) is 3. The molecule has 1 heterocycles. The lowest BCUT2D eigenvalue weighted by molar-refractivity contribution is 0.0952. The molecule has 1 saturated heterocycles. The summed E-state index contributed by atoms with van der Waals surface area (Å²) in [7, 11) is 0. The zero-order valence-corrected chi connectivity index (χ0v) is 12.6. The third kappa shape index (κ3) is 1.89. The molecule has 0 bridgehead atoms. The predicted molar refractivity (Wildman–Crippen MR) is 84.8 cm³/mol. The normalized spacial score (nSPS) is 26.5. The fourth-order valence-corrected chi connectivity index (χ4v) is 3.78. The zero-order valence-electron chi connectivity index (χ0n) is 11.8. The van der Waals surface area contributed by atoms with Crippen molar-refractivity contribution < 1.29 is 9.59 Å². The van der Waals surface area contributed by atoms with Crippen LogP contribution in [0.2, 0.25) is 0 Å². The minimum atomic E-state index is -0.257. The van der Waals surface area contributed by atoms with Crippen molar-refractivity contribution in [2.45, 2.75) is 0 Å². The van der Waals surface area contributed by atoms with Gasteiger partial charge in [-0.2, -0.15) is 0 Å². The van der Waals surface area contributed by atoms with Gasteiger partial charge in [0.2, 0.25) is 11.6 Å². The van der Waals surface area contributed by atoms with Gasteiger partial charge in [-0.1, -0.05) is 60.2 Å². The number of halogens is 1. The van der Waals surface area contributed by atoms with Gasteiger partial charge in [-0.05, 0) is 0 Å². The second-order valence-electron chi connectivity index (χ2n) is 5.87. The molecule has 1 aliphatic heterocycles. The number of Topliss-reactive ketones (excluding diaryl/α,β-unsaturated/α-hetero) is 2. The van der Waals surface area contributed by atoms with Gasteiger partial charge in [0, 0.05) is 36.1 Å². The van der Waals surface area contributed by atoms with Gasteiger partial charge in [0.1, 0.15) is 10.7 Å². The summed E-state index contributed by atoms with van der Waals surface area (Å²) in [5.74, 6) is 0.351. The third-order valence-electron chi connectivity index (χ3n) is 4.59. The Morgan fingerprint density at radius 3 is 2.05 bits per heavy atom. The number of carbonyl (C=O) groups is 2. The van der Waals surface area contributed by atoms with Gasteiger partial charge in [-0.15, -0.1) is 0 Å². The lowest BCUT2D eigenvalue weighted by Crippen LogP contribution is -2.32. The standard InChI is InChI=1S/C18H14ClNO2/c19-15-16(20-9-11-5-1-2-6-12(11)10-20)18(22)14-8-4-3-7-13(14)17(15)21/h1-8,11-12H,9-10H2. The van der Waals surface area contributed by atoms with E-state index >= 15 is 0 Å². The molecule has 2 atom stereocenters. The quantitative estimate of drug-likeness (QED) is 0.799. The van der Waals surface area contributed by atoms with Crippen molar-refractivity contribution in [1.82, 2.24) is 4.90 Å². The first-order valence-electron chi connectivity index (χ1n) is 7.35. The van der Waals surface area contributed by atoms with E-state index in [2.05, 4.69) is 12.2 Å². The molecule has 1 fully saturated rings. The number of nitrogens with zero attached hydrogens (tertiary/aromatic N) is 1. The molecule has 110 valence electrons. The van der Waals surface area contributed by atoms with Crippen LogP contribution in [0.4, 0.5) is 0 Å². The molecule has 1 aromatic rings. The van der Waals surface area contributed by atoms with E-state index in [0.29, 0.717) is 28.7 Å². The number of fused-ring (bicyclic) bond motifs is 2. The van der Waals surface area contributed by atoms with Gasteiger partial charge in [0.25, 0.3) is 0 Å². The molecule has 4 rings (SSSR count). The highest BCUT2D eigenvalue weighted by Crippen LogP contribution is 2.36. The van der Waals surface area contributed by atoms with E-state index in [1.165, 1.54) is 0 Å². The third-order valence-corrected chi connectivity index (χ3v) is 4.95. The SMILES string of the molecule is O=C1C(Cl)=C(N2CC3C=CC=CC3C2)C(=O)c2ccccc21. The fourth-order valence-electron chi connectivity index (χ4n) is 3.47. The molecule has 0 amide bonds. The van der Waals surface area contributed by atoms with E-state index in [9.17, 15) is 9.59 Å². The Morgan fingerprint density at radius 1 is 0.909 bits per heavy atom. The topological polar surface area (TPSA) is 37.4 Å². The van der Waals surface area contributed by atoms with Crippen molar-refractivity contribution in [2.75, 3.05) is 13.1 Å². The lowest BCUT2D eigenvalue weighted by atomic mass is 9.92. The summed E-state index contributed by atoms with van der Waals surface area (Å²) in [4.78, 5) is 27.2. The maximum atomic E-state index is 12.8. The van der Waals surface area contributed by atoms with Crippen molar-refractivity contribution in [2.24, 2.45) is 11.8 Å². The first kappa shape index (κ1) is 13.5. The molecular weight excluding hydrogens is 298 g/mol. The van der Waals surface area contributed by atoms with Gasteiger partial charge in [-0.3, -0.25) is 9.59 Å². The van der Waals surface area contributed by atoms with Crippen molar-refractivity contribution in [3.05, 3.63) is 70.4 Å². The average Bonchev–Trinajstić information content (AvgIpc) is 2.96. The summed E-state index contributed by atoms with van der Waals surface area (Å²) in [6.07, 6.45) is 8.37. The van der Waals surface area contributed by atoms with Crippen molar-refractivity contribution >= 4 is 23.2 Å². The van der Waals surface area contributed by atoms with Crippen LogP contribution in [0.25, 0.3) is 0 Å². The molecule has 3 aliphatic rings. The van der Waals surface area contributed by atoms with E-state index in [1.807, 2.05) is 17.1 Å². The molecule has 22 heavy (non-hydrogen) atoms. The van der Waals surface area contributed by atoms with Crippen LogP contribution in [0.3, 0.4) is 0 Å². The average molecular weight is 312 g/mol. The van der Waals surface area contributed by atoms with Crippen LogP contribution in [0, 0.1) is 11.8 Å². The first-order valence-corrected chi connectivity index (χ1v) is 7.73. The van der Waals surface area contributed by atoms with Crippen molar-refractivity contribution in [1.29, 1.82) is 0 Å². The summed E-state index contributed by atoms with van der Waals surface area (Å²) >= 11 is 6.26. The Bertz CT molecular complexity index is 755. The lowest BCUT2D eigenvalue weighted by Gasteiger charge is -2.26. The molecular formula is C18H14ClNO2. The van der Waals surface area contributed by atoms with Crippen LogP contribution in [0.1, 0.15) is 20.7 Å². The molecule has 2 unspecified atom stereocenters. The summed E-state index contributed by atoms with van der Waals surface area (Å²) in [6.45, 7) is 1.44. The van der Waals surface area contributed by atoms with E-state index < -0.39 is 0 Å². The van der Waals surface area contributed by atoms with Gasteiger partial charge in [0.15, 0.2) is 0 Å². The van der Waals surface area contributed by atoms with E-state index in [4.69, 9.17) is 11.6 Å². The highest BCUT2D eigenvalue weighted by atomic mass is 35.5. The minimum Gasteiger partial charge on any atom is -0.366 e. The number of likely N-dealkylation sites (tertiary alicyclic amines) is 1. The molecule has 0 radical (unpaired) electrons. The number of benzene rings is 1. The van der Waals surface area contributed by atoms with Crippen LogP contribution in [-0.2, 0) is 0 Å². The van der Waals surface area contributed by atoms with Crippen molar-refractivity contribution in [3.63, 3.8) is 0 Å². The smallest absolute Gasteiger partial charge is 0.211 e. The molecule has 4 heteroatoms. The maximum absolute atomic E-state index is 12.8. The second kappa shape index (κ2) is 4.96. The van der Waals surface area contributed by atoms with Crippen LogP contribution < -0.4 is 0 Å². The van der Waals surface area contributed by atoms with Crippen LogP contribution >= 0.6 is 11.6 Å². The number of rotatable bonds is 1. The molecule has 0 spiro atoms. The van der Waals surface area contributed by atoms with Crippen LogP contribution in [0.15, 0.2) is 59.3 Å². The Morgan fingerprint density at radius 2 is 1.45 bits per heavy atom. The van der Waals surface area contributed by atoms with E-state index in [1.54, 1.807) is 24.3 Å². The number of hydrogen-bond donors (Lipinski definition) is 0. The Balaban J connectivity index is 1.75. The van der Waals surface area contributed by atoms with Gasteiger partial charge in [0.05, 0.1) is 0 Å². The first-order chi connectivity index (χ1) is 10.7. The molecule has 0 saturated carbocycles. The number of allylic oxidation sites excluding steroid dienone is 4. The molecule has 2 aliphatic carbocycles. The van der Waals surface area contributed by atoms with Gasteiger partial charge < -0.3 is 4.90 Å². The summed E-state index contributed by atoms with van der Waals surface area (Å²) < 4.78 is 0. The molecule has 1 aromatic carbocycles. The second-order valence-corrected chi connectivity index (χ2v) is 6.25. The fraction of sp³-hybridized carbons (Fsp3) is 0.222. The van der Waals surface area contributed by atoms with Crippen molar-refractivity contribution in [3.8, 4) is 0 Å². The van der Waals surface area contributed by atoms with E-state index in [0.717, 1.165) is 13.1 Å². The zero-order chi connectivity index (χ0) is 15.3. The highest BCUT2D eigenvalue weighted by Gasteiger charge is 2.39. The monoisotopic (exact) mass is 311 g/mol. The van der Waals surface area contributed by atoms with E-state index in [-0.39, 0.29) is 16.6 Å².